The summed E-state index contributed by atoms with van der Waals surface area (Å²) < 4.78 is 29.0. The lowest BCUT2D eigenvalue weighted by Crippen LogP contribution is -2.29. The molecule has 1 aromatic heterocycles. The number of hydrogen-bond acceptors (Lipinski definition) is 5. The van der Waals surface area contributed by atoms with E-state index in [9.17, 15) is 23.1 Å². The Morgan fingerprint density at radius 3 is 2.30 bits per heavy atom. The minimum atomic E-state index is -3.76. The molecule has 0 saturated carbocycles. The molecule has 2 aromatic rings. The standard InChI is InChI=1S/C18H21N3O5S/c1-20-12-2-3-15(20)16(22)10-11-19-27(25,26)14-6-4-13(5-7-14)21-17(23)8-9-18(21)24/h2-7,12,16,19,22H,8-11H2,1H3. The molecule has 0 spiro atoms. The topological polar surface area (TPSA) is 109 Å². The Balaban J connectivity index is 1.62. The summed E-state index contributed by atoms with van der Waals surface area (Å²) >= 11 is 0. The molecule has 1 aromatic carbocycles. The summed E-state index contributed by atoms with van der Waals surface area (Å²) in [5.74, 6) is -0.577. The largest absolute Gasteiger partial charge is 0.387 e. The van der Waals surface area contributed by atoms with Gasteiger partial charge in [-0.05, 0) is 42.8 Å². The van der Waals surface area contributed by atoms with Gasteiger partial charge in [-0.2, -0.15) is 0 Å². The van der Waals surface area contributed by atoms with Crippen LogP contribution >= 0.6 is 0 Å². The van der Waals surface area contributed by atoms with Gasteiger partial charge in [-0.25, -0.2) is 13.1 Å². The summed E-state index contributed by atoms with van der Waals surface area (Å²) in [7, 11) is -1.95. The van der Waals surface area contributed by atoms with E-state index in [4.69, 9.17) is 0 Å². The van der Waals surface area contributed by atoms with E-state index < -0.39 is 16.1 Å². The van der Waals surface area contributed by atoms with E-state index in [2.05, 4.69) is 4.72 Å². The number of nitrogens with one attached hydrogen (secondary N) is 1. The molecular weight excluding hydrogens is 370 g/mol. The molecule has 1 fully saturated rings. The normalized spacial score (nSPS) is 16.1. The number of aliphatic hydroxyl groups excluding tert-OH is 1. The number of amides is 2. The Morgan fingerprint density at radius 2 is 1.74 bits per heavy atom. The third kappa shape index (κ3) is 4.10. The number of aliphatic hydroxyl groups is 1. The minimum absolute atomic E-state index is 0.0266. The quantitative estimate of drug-likeness (QED) is 0.687. The summed E-state index contributed by atoms with van der Waals surface area (Å²) in [5.41, 5.74) is 1.07. The van der Waals surface area contributed by atoms with Gasteiger partial charge in [0, 0.05) is 38.3 Å². The van der Waals surface area contributed by atoms with Crippen LogP contribution in [0.3, 0.4) is 0 Å². The third-order valence-corrected chi connectivity index (χ3v) is 5.97. The molecule has 1 aliphatic rings. The average Bonchev–Trinajstić information content (AvgIpc) is 3.20. The number of carbonyl (C=O) groups is 2. The molecule has 1 unspecified atom stereocenters. The molecular formula is C18H21N3O5S. The second-order valence-corrected chi connectivity index (χ2v) is 8.13. The molecule has 2 amide bonds. The highest BCUT2D eigenvalue weighted by Crippen LogP contribution is 2.24. The Bertz CT molecular complexity index is 934. The van der Waals surface area contributed by atoms with Gasteiger partial charge in [-0.3, -0.25) is 14.5 Å². The van der Waals surface area contributed by atoms with E-state index in [1.165, 1.54) is 24.3 Å². The highest BCUT2D eigenvalue weighted by atomic mass is 32.2. The van der Waals surface area contributed by atoms with E-state index in [1.54, 1.807) is 29.9 Å². The number of aryl methyl sites for hydroxylation is 1. The first-order valence-electron chi connectivity index (χ1n) is 8.54. The summed E-state index contributed by atoms with van der Waals surface area (Å²) in [6.45, 7) is 0.0690. The van der Waals surface area contributed by atoms with Gasteiger partial charge < -0.3 is 9.67 Å². The van der Waals surface area contributed by atoms with Crippen molar-refractivity contribution in [3.05, 3.63) is 48.3 Å². The molecule has 8 nitrogen and oxygen atoms in total. The van der Waals surface area contributed by atoms with E-state index in [0.29, 0.717) is 11.4 Å². The number of carbonyl (C=O) groups excluding carboxylic acids is 2. The number of nitrogens with zero attached hydrogens (tertiary/aromatic N) is 2. The summed E-state index contributed by atoms with van der Waals surface area (Å²) in [4.78, 5) is 24.6. The van der Waals surface area contributed by atoms with Gasteiger partial charge in [0.1, 0.15) is 0 Å². The van der Waals surface area contributed by atoms with Crippen molar-refractivity contribution < 1.29 is 23.1 Å². The first kappa shape index (κ1) is 19.3. The van der Waals surface area contributed by atoms with Crippen LogP contribution in [0.5, 0.6) is 0 Å². The molecule has 3 rings (SSSR count). The van der Waals surface area contributed by atoms with Crippen LogP contribution in [-0.4, -0.2) is 36.5 Å². The highest BCUT2D eigenvalue weighted by Gasteiger charge is 2.30. The van der Waals surface area contributed by atoms with Gasteiger partial charge in [-0.1, -0.05) is 0 Å². The van der Waals surface area contributed by atoms with Crippen molar-refractivity contribution in [2.75, 3.05) is 11.4 Å². The fourth-order valence-electron chi connectivity index (χ4n) is 3.02. The number of imide groups is 1. The Labute approximate surface area is 157 Å². The van der Waals surface area contributed by atoms with Crippen LogP contribution in [0.25, 0.3) is 0 Å². The van der Waals surface area contributed by atoms with Gasteiger partial charge in [0.2, 0.25) is 21.8 Å². The van der Waals surface area contributed by atoms with Crippen molar-refractivity contribution in [2.24, 2.45) is 7.05 Å². The van der Waals surface area contributed by atoms with Crippen molar-refractivity contribution in [3.63, 3.8) is 0 Å². The Hall–Kier alpha value is -2.49. The van der Waals surface area contributed by atoms with Gasteiger partial charge in [0.05, 0.1) is 16.7 Å². The summed E-state index contributed by atoms with van der Waals surface area (Å²) in [6.07, 6.45) is 1.60. The predicted molar refractivity (Wildman–Crippen MR) is 98.3 cm³/mol. The molecule has 27 heavy (non-hydrogen) atoms. The first-order chi connectivity index (χ1) is 12.8. The molecule has 0 radical (unpaired) electrons. The van der Waals surface area contributed by atoms with E-state index in [1.807, 2.05) is 0 Å². The van der Waals surface area contributed by atoms with Crippen LogP contribution in [0, 0.1) is 0 Å². The SMILES string of the molecule is Cn1cccc1C(O)CCNS(=O)(=O)c1ccc(N2C(=O)CCC2=O)cc1. The predicted octanol–water partition coefficient (Wildman–Crippen LogP) is 1.08. The van der Waals surface area contributed by atoms with E-state index in [0.717, 1.165) is 4.90 Å². The second kappa shape index (κ2) is 7.63. The van der Waals surface area contributed by atoms with Crippen molar-refractivity contribution in [2.45, 2.75) is 30.3 Å². The molecule has 0 aliphatic carbocycles. The van der Waals surface area contributed by atoms with Gasteiger partial charge in [-0.15, -0.1) is 0 Å². The number of benzene rings is 1. The maximum absolute atomic E-state index is 12.4. The van der Waals surface area contributed by atoms with E-state index in [-0.39, 0.29) is 42.5 Å². The molecule has 9 heteroatoms. The number of aromatic nitrogens is 1. The highest BCUT2D eigenvalue weighted by molar-refractivity contribution is 7.89. The Kier molecular flexibility index (Phi) is 5.45. The van der Waals surface area contributed by atoms with Gasteiger partial charge in [0.25, 0.3) is 0 Å². The number of anilines is 1. The summed E-state index contributed by atoms with van der Waals surface area (Å²) in [6, 6.07) is 9.16. The maximum Gasteiger partial charge on any atom is 0.240 e. The fourth-order valence-corrected chi connectivity index (χ4v) is 4.07. The second-order valence-electron chi connectivity index (χ2n) is 6.36. The average molecular weight is 391 g/mol. The van der Waals surface area contributed by atoms with Gasteiger partial charge >= 0.3 is 0 Å². The Morgan fingerprint density at radius 1 is 1.11 bits per heavy atom. The number of hydrogen-bond donors (Lipinski definition) is 2. The molecule has 2 heterocycles. The lowest BCUT2D eigenvalue weighted by Gasteiger charge is -2.15. The van der Waals surface area contributed by atoms with E-state index >= 15 is 0 Å². The smallest absolute Gasteiger partial charge is 0.240 e. The zero-order valence-corrected chi connectivity index (χ0v) is 15.6. The lowest BCUT2D eigenvalue weighted by atomic mass is 10.2. The molecule has 144 valence electrons. The lowest BCUT2D eigenvalue weighted by molar-refractivity contribution is -0.121. The summed E-state index contributed by atoms with van der Waals surface area (Å²) in [5, 5.41) is 10.1. The monoisotopic (exact) mass is 391 g/mol. The van der Waals surface area contributed by atoms with Crippen LogP contribution in [0.2, 0.25) is 0 Å². The third-order valence-electron chi connectivity index (χ3n) is 4.49. The molecule has 0 bridgehead atoms. The van der Waals surface area contributed by atoms with Crippen LogP contribution in [0.1, 0.15) is 31.1 Å². The first-order valence-corrected chi connectivity index (χ1v) is 10.0. The maximum atomic E-state index is 12.4. The van der Waals surface area contributed by atoms with Crippen molar-refractivity contribution in [1.29, 1.82) is 0 Å². The number of sulfonamides is 1. The molecule has 1 saturated heterocycles. The minimum Gasteiger partial charge on any atom is -0.387 e. The fraction of sp³-hybridized carbons (Fsp3) is 0.333. The van der Waals surface area contributed by atoms with Crippen LogP contribution in [0.4, 0.5) is 5.69 Å². The van der Waals surface area contributed by atoms with Crippen molar-refractivity contribution in [3.8, 4) is 0 Å². The molecule has 1 atom stereocenters. The molecule has 1 aliphatic heterocycles. The van der Waals surface area contributed by atoms with Crippen LogP contribution < -0.4 is 9.62 Å². The zero-order valence-electron chi connectivity index (χ0n) is 14.8. The van der Waals surface area contributed by atoms with Crippen LogP contribution in [-0.2, 0) is 26.7 Å². The van der Waals surface area contributed by atoms with Gasteiger partial charge in [0.15, 0.2) is 0 Å². The number of rotatable bonds is 7. The zero-order chi connectivity index (χ0) is 19.6. The van der Waals surface area contributed by atoms with Crippen LogP contribution in [0.15, 0.2) is 47.5 Å². The van der Waals surface area contributed by atoms with Crippen molar-refractivity contribution in [1.82, 2.24) is 9.29 Å². The van der Waals surface area contributed by atoms with Crippen molar-refractivity contribution >= 4 is 27.5 Å². The molecule has 2 N–H and O–H groups in total.